The monoisotopic (exact) mass is 440 g/mol. The quantitative estimate of drug-likeness (QED) is 0.615. The Kier molecular flexibility index (Phi) is 5.97. The summed E-state index contributed by atoms with van der Waals surface area (Å²) in [5.41, 5.74) is 0.0140. The molecule has 1 aliphatic carbocycles. The molecule has 3 N–H and O–H groups in total. The van der Waals surface area contributed by atoms with E-state index in [2.05, 4.69) is 24.5 Å². The predicted molar refractivity (Wildman–Crippen MR) is 109 cm³/mol. The molecule has 1 aromatic heterocycles. The summed E-state index contributed by atoms with van der Waals surface area (Å²) in [4.78, 5) is 25.8. The van der Waals surface area contributed by atoms with Gasteiger partial charge in [0, 0.05) is 17.0 Å². The molecular formula is C21H23F3N2O3S. The highest BCUT2D eigenvalue weighted by molar-refractivity contribution is 7.17. The minimum Gasteiger partial charge on any atom is -0.478 e. The van der Waals surface area contributed by atoms with Crippen LogP contribution < -0.4 is 10.6 Å². The first-order valence-electron chi connectivity index (χ1n) is 9.47. The SMILES string of the molecule is CNCc1ccc(C(F)(F)F)cc1C(=O)Nc1sc2c(c1C(=O)O)CC(C)(C)CC2. The van der Waals surface area contributed by atoms with Crippen molar-refractivity contribution in [2.24, 2.45) is 5.41 Å². The van der Waals surface area contributed by atoms with Gasteiger partial charge in [-0.05, 0) is 55.0 Å². The number of carbonyl (C=O) groups is 2. The highest BCUT2D eigenvalue weighted by Gasteiger charge is 2.34. The number of halogens is 3. The summed E-state index contributed by atoms with van der Waals surface area (Å²) < 4.78 is 39.5. The van der Waals surface area contributed by atoms with Gasteiger partial charge in [-0.3, -0.25) is 4.79 Å². The van der Waals surface area contributed by atoms with E-state index in [0.29, 0.717) is 24.0 Å². The number of aryl methyl sites for hydroxylation is 1. The lowest BCUT2D eigenvalue weighted by Gasteiger charge is -2.29. The summed E-state index contributed by atoms with van der Waals surface area (Å²) >= 11 is 1.19. The standard InChI is InChI=1S/C21H23F3N2O3S/c1-20(2)7-6-15-14(9-20)16(19(28)29)18(30-15)26-17(27)13-8-12(21(22,23)24)5-4-11(13)10-25-3/h4-5,8,25H,6-7,9-10H2,1-3H3,(H,26,27)(H,28,29). The Bertz CT molecular complexity index is 996. The largest absolute Gasteiger partial charge is 0.478 e. The fourth-order valence-corrected chi connectivity index (χ4v) is 4.92. The van der Waals surface area contributed by atoms with Gasteiger partial charge in [-0.25, -0.2) is 4.79 Å². The smallest absolute Gasteiger partial charge is 0.416 e. The third-order valence-corrected chi connectivity index (χ3v) is 6.47. The number of nitrogens with one attached hydrogen (secondary N) is 2. The molecule has 1 aliphatic rings. The number of carboxylic acids is 1. The molecule has 162 valence electrons. The lowest BCUT2D eigenvalue weighted by atomic mass is 9.76. The summed E-state index contributed by atoms with van der Waals surface area (Å²) in [5, 5.41) is 15.3. The topological polar surface area (TPSA) is 78.4 Å². The zero-order valence-electron chi connectivity index (χ0n) is 16.9. The van der Waals surface area contributed by atoms with Crippen molar-refractivity contribution in [2.75, 3.05) is 12.4 Å². The Morgan fingerprint density at radius 1 is 1.27 bits per heavy atom. The lowest BCUT2D eigenvalue weighted by Crippen LogP contribution is -2.23. The molecule has 30 heavy (non-hydrogen) atoms. The molecule has 0 radical (unpaired) electrons. The lowest BCUT2D eigenvalue weighted by molar-refractivity contribution is -0.137. The van der Waals surface area contributed by atoms with Gasteiger partial charge in [0.1, 0.15) is 5.00 Å². The van der Waals surface area contributed by atoms with Gasteiger partial charge >= 0.3 is 12.1 Å². The van der Waals surface area contributed by atoms with Gasteiger partial charge in [0.15, 0.2) is 0 Å². The van der Waals surface area contributed by atoms with Crippen LogP contribution in [0.1, 0.15) is 62.6 Å². The van der Waals surface area contributed by atoms with Crippen LogP contribution >= 0.6 is 11.3 Å². The van der Waals surface area contributed by atoms with Crippen molar-refractivity contribution < 1.29 is 27.9 Å². The number of anilines is 1. The molecule has 1 heterocycles. The molecule has 0 saturated carbocycles. The normalized spacial score (nSPS) is 15.5. The molecule has 0 fully saturated rings. The molecule has 9 heteroatoms. The van der Waals surface area contributed by atoms with Gasteiger partial charge in [0.25, 0.3) is 5.91 Å². The molecule has 0 bridgehead atoms. The Morgan fingerprint density at radius 3 is 2.57 bits per heavy atom. The third kappa shape index (κ3) is 4.52. The van der Waals surface area contributed by atoms with Crippen molar-refractivity contribution >= 4 is 28.2 Å². The van der Waals surface area contributed by atoms with Gasteiger partial charge < -0.3 is 15.7 Å². The fourth-order valence-electron chi connectivity index (χ4n) is 3.71. The maximum atomic E-state index is 13.2. The highest BCUT2D eigenvalue weighted by Crippen LogP contribution is 2.44. The number of thiophene rings is 1. The van der Waals surface area contributed by atoms with Crippen LogP contribution in [0, 0.1) is 5.41 Å². The molecule has 1 aromatic carbocycles. The summed E-state index contributed by atoms with van der Waals surface area (Å²) in [6.45, 7) is 4.32. The van der Waals surface area contributed by atoms with Crippen molar-refractivity contribution in [3.8, 4) is 0 Å². The van der Waals surface area contributed by atoms with Crippen LogP contribution in [0.15, 0.2) is 18.2 Å². The Hall–Kier alpha value is -2.39. The number of hydrogen-bond donors (Lipinski definition) is 3. The van der Waals surface area contributed by atoms with Gasteiger partial charge in [-0.1, -0.05) is 19.9 Å². The van der Waals surface area contributed by atoms with Gasteiger partial charge in [0.2, 0.25) is 0 Å². The number of fused-ring (bicyclic) bond motifs is 1. The second-order valence-corrected chi connectivity index (χ2v) is 9.31. The van der Waals surface area contributed by atoms with E-state index >= 15 is 0 Å². The Balaban J connectivity index is 2.01. The molecule has 0 unspecified atom stereocenters. The fraction of sp³-hybridized carbons (Fsp3) is 0.429. The number of hydrogen-bond acceptors (Lipinski definition) is 4. The van der Waals surface area contributed by atoms with Crippen LogP contribution in [0.4, 0.5) is 18.2 Å². The van der Waals surface area contributed by atoms with E-state index < -0.39 is 23.6 Å². The van der Waals surface area contributed by atoms with Crippen molar-refractivity contribution in [1.29, 1.82) is 0 Å². The zero-order valence-corrected chi connectivity index (χ0v) is 17.7. The molecular weight excluding hydrogens is 417 g/mol. The first-order valence-corrected chi connectivity index (χ1v) is 10.3. The van der Waals surface area contributed by atoms with Gasteiger partial charge in [-0.2, -0.15) is 13.2 Å². The van der Waals surface area contributed by atoms with E-state index in [-0.39, 0.29) is 28.1 Å². The van der Waals surface area contributed by atoms with Crippen molar-refractivity contribution in [3.63, 3.8) is 0 Å². The predicted octanol–water partition coefficient (Wildman–Crippen LogP) is 4.95. The Morgan fingerprint density at radius 2 is 1.97 bits per heavy atom. The first kappa shape index (κ1) is 22.3. The van der Waals surface area contributed by atoms with Crippen LogP contribution in [0.25, 0.3) is 0 Å². The molecule has 3 rings (SSSR count). The number of rotatable bonds is 5. The third-order valence-electron chi connectivity index (χ3n) is 5.26. The molecule has 5 nitrogen and oxygen atoms in total. The summed E-state index contributed by atoms with van der Waals surface area (Å²) in [5.74, 6) is -1.91. The van der Waals surface area contributed by atoms with E-state index in [4.69, 9.17) is 0 Å². The number of carboxylic acid groups (broad SMARTS) is 1. The van der Waals surface area contributed by atoms with Crippen molar-refractivity contribution in [3.05, 3.63) is 50.9 Å². The molecule has 0 aliphatic heterocycles. The number of carbonyl (C=O) groups excluding carboxylic acids is 1. The molecule has 2 aromatic rings. The second-order valence-electron chi connectivity index (χ2n) is 8.21. The highest BCUT2D eigenvalue weighted by atomic mass is 32.1. The van der Waals surface area contributed by atoms with E-state index in [0.717, 1.165) is 23.4 Å². The maximum absolute atomic E-state index is 13.2. The average Bonchev–Trinajstić information content (AvgIpc) is 2.97. The molecule has 0 saturated heterocycles. The zero-order chi connectivity index (χ0) is 22.3. The molecule has 0 spiro atoms. The minimum absolute atomic E-state index is 0.0401. The minimum atomic E-state index is -4.59. The second kappa shape index (κ2) is 8.03. The van der Waals surface area contributed by atoms with E-state index in [9.17, 15) is 27.9 Å². The van der Waals surface area contributed by atoms with Crippen molar-refractivity contribution in [2.45, 2.75) is 45.8 Å². The van der Waals surface area contributed by atoms with Crippen LogP contribution in [-0.2, 0) is 25.6 Å². The average molecular weight is 440 g/mol. The summed E-state index contributed by atoms with van der Waals surface area (Å²) in [6, 6.07) is 2.99. The molecule has 1 amide bonds. The van der Waals surface area contributed by atoms with E-state index in [1.807, 2.05) is 0 Å². The number of alkyl halides is 3. The van der Waals surface area contributed by atoms with Crippen molar-refractivity contribution in [1.82, 2.24) is 5.32 Å². The molecule has 0 atom stereocenters. The van der Waals surface area contributed by atoms with E-state index in [1.165, 1.54) is 17.4 Å². The van der Waals surface area contributed by atoms with Gasteiger partial charge in [0.05, 0.1) is 11.1 Å². The van der Waals surface area contributed by atoms with Crippen LogP contribution in [0.5, 0.6) is 0 Å². The van der Waals surface area contributed by atoms with Crippen LogP contribution in [0.2, 0.25) is 0 Å². The summed E-state index contributed by atoms with van der Waals surface area (Å²) in [7, 11) is 1.62. The number of amides is 1. The summed E-state index contributed by atoms with van der Waals surface area (Å²) in [6.07, 6.45) is -2.41. The Labute approximate surface area is 176 Å². The first-order chi connectivity index (χ1) is 13.9. The maximum Gasteiger partial charge on any atom is 0.416 e. The van der Waals surface area contributed by atoms with Crippen LogP contribution in [0.3, 0.4) is 0 Å². The number of aromatic carboxylic acids is 1. The van der Waals surface area contributed by atoms with E-state index in [1.54, 1.807) is 7.05 Å². The van der Waals surface area contributed by atoms with Crippen LogP contribution in [-0.4, -0.2) is 24.0 Å². The number of benzene rings is 1. The van der Waals surface area contributed by atoms with Gasteiger partial charge in [-0.15, -0.1) is 11.3 Å².